The summed E-state index contributed by atoms with van der Waals surface area (Å²) in [5.74, 6) is 0.316. The van der Waals surface area contributed by atoms with E-state index in [2.05, 4.69) is 19.1 Å². The number of rotatable bonds is 4. The highest BCUT2D eigenvalue weighted by atomic mass is 16.5. The van der Waals surface area contributed by atoms with Crippen LogP contribution in [0.3, 0.4) is 0 Å². The summed E-state index contributed by atoms with van der Waals surface area (Å²) < 4.78 is 6.01. The van der Waals surface area contributed by atoms with Crippen LogP contribution in [0, 0.1) is 5.92 Å². The van der Waals surface area contributed by atoms with Crippen LogP contribution in [0.5, 0.6) is 0 Å². The third kappa shape index (κ3) is 4.01. The summed E-state index contributed by atoms with van der Waals surface area (Å²) in [5, 5.41) is 9.57. The largest absolute Gasteiger partial charge is 0.465 e. The molecule has 1 amide bonds. The fourth-order valence-corrected chi connectivity index (χ4v) is 3.38. The van der Waals surface area contributed by atoms with Crippen LogP contribution >= 0.6 is 0 Å². The molecule has 0 radical (unpaired) electrons. The molecule has 0 spiro atoms. The molecule has 1 aliphatic carbocycles. The maximum atomic E-state index is 11.6. The monoisotopic (exact) mass is 305 g/mol. The summed E-state index contributed by atoms with van der Waals surface area (Å²) in [5.41, 5.74) is 0.767. The number of hydrogen-bond acceptors (Lipinski definition) is 2. The summed E-state index contributed by atoms with van der Waals surface area (Å²) in [6.45, 7) is 8.57. The van der Waals surface area contributed by atoms with E-state index in [1.54, 1.807) is 4.90 Å². The van der Waals surface area contributed by atoms with Crippen molar-refractivity contribution in [2.75, 3.05) is 0 Å². The number of carboxylic acid groups (broad SMARTS) is 1. The van der Waals surface area contributed by atoms with Crippen molar-refractivity contribution in [3.05, 3.63) is 35.9 Å². The lowest BCUT2D eigenvalue weighted by Crippen LogP contribution is -2.52. The van der Waals surface area contributed by atoms with E-state index in [0.29, 0.717) is 12.5 Å². The first-order chi connectivity index (χ1) is 10.3. The predicted octanol–water partition coefficient (Wildman–Crippen LogP) is 4.15. The summed E-state index contributed by atoms with van der Waals surface area (Å²) in [6, 6.07) is 10.1. The van der Waals surface area contributed by atoms with Crippen molar-refractivity contribution in [3.63, 3.8) is 0 Å². The normalized spacial score (nSPS) is 25.2. The first-order valence-electron chi connectivity index (χ1n) is 7.97. The smallest absolute Gasteiger partial charge is 0.407 e. The zero-order valence-corrected chi connectivity index (χ0v) is 14.0. The topological polar surface area (TPSA) is 49.8 Å². The molecule has 4 heteroatoms. The quantitative estimate of drug-likeness (QED) is 0.909. The van der Waals surface area contributed by atoms with E-state index in [9.17, 15) is 9.90 Å². The second-order valence-corrected chi connectivity index (χ2v) is 7.26. The molecule has 1 aromatic carbocycles. The average Bonchev–Trinajstić information content (AvgIpc) is 2.77. The summed E-state index contributed by atoms with van der Waals surface area (Å²) in [4.78, 5) is 13.3. The van der Waals surface area contributed by atoms with Crippen LogP contribution < -0.4 is 0 Å². The zero-order valence-electron chi connectivity index (χ0n) is 14.0. The van der Waals surface area contributed by atoms with Crippen LogP contribution in [0.4, 0.5) is 4.79 Å². The molecule has 1 aromatic rings. The number of hydrogen-bond donors (Lipinski definition) is 1. The van der Waals surface area contributed by atoms with Crippen LogP contribution in [-0.4, -0.2) is 33.8 Å². The molecule has 0 saturated heterocycles. The highest BCUT2D eigenvalue weighted by Crippen LogP contribution is 2.35. The number of amides is 1. The Morgan fingerprint density at radius 2 is 1.91 bits per heavy atom. The fourth-order valence-electron chi connectivity index (χ4n) is 3.38. The Morgan fingerprint density at radius 3 is 2.45 bits per heavy atom. The fraction of sp³-hybridized carbons (Fsp3) is 0.611. The second-order valence-electron chi connectivity index (χ2n) is 7.26. The van der Waals surface area contributed by atoms with E-state index in [4.69, 9.17) is 4.74 Å². The molecule has 1 saturated carbocycles. The molecule has 3 atom stereocenters. The second kappa shape index (κ2) is 6.69. The Kier molecular flexibility index (Phi) is 5.12. The molecule has 0 unspecified atom stereocenters. The minimum atomic E-state index is -0.840. The molecule has 0 heterocycles. The van der Waals surface area contributed by atoms with Crippen molar-refractivity contribution >= 4 is 6.09 Å². The number of ether oxygens (including phenoxy) is 1. The SMILES string of the molecule is C[C@@H]1C[C@@H](OCc2ccccc2)C[C@@H]1N(C(=O)O)C(C)(C)C. The zero-order chi connectivity index (χ0) is 16.3. The molecule has 122 valence electrons. The van der Waals surface area contributed by atoms with Gasteiger partial charge in [0.05, 0.1) is 12.7 Å². The van der Waals surface area contributed by atoms with E-state index in [-0.39, 0.29) is 17.7 Å². The van der Waals surface area contributed by atoms with Gasteiger partial charge in [0.1, 0.15) is 0 Å². The summed E-state index contributed by atoms with van der Waals surface area (Å²) in [6.07, 6.45) is 0.979. The minimum Gasteiger partial charge on any atom is -0.465 e. The Hall–Kier alpha value is -1.55. The molecule has 4 nitrogen and oxygen atoms in total. The van der Waals surface area contributed by atoms with Crippen LogP contribution in [0.25, 0.3) is 0 Å². The van der Waals surface area contributed by atoms with Gasteiger partial charge in [-0.2, -0.15) is 0 Å². The molecule has 1 N–H and O–H groups in total. The first-order valence-corrected chi connectivity index (χ1v) is 7.97. The van der Waals surface area contributed by atoms with E-state index >= 15 is 0 Å². The van der Waals surface area contributed by atoms with E-state index in [1.807, 2.05) is 39.0 Å². The maximum absolute atomic E-state index is 11.6. The Balaban J connectivity index is 1.98. The van der Waals surface area contributed by atoms with Crippen molar-refractivity contribution in [1.29, 1.82) is 0 Å². The highest BCUT2D eigenvalue weighted by molar-refractivity contribution is 5.66. The van der Waals surface area contributed by atoms with Gasteiger partial charge in [-0.1, -0.05) is 37.3 Å². The predicted molar refractivity (Wildman–Crippen MR) is 86.8 cm³/mol. The van der Waals surface area contributed by atoms with Gasteiger partial charge >= 0.3 is 6.09 Å². The Labute approximate surface area is 133 Å². The van der Waals surface area contributed by atoms with Crippen molar-refractivity contribution < 1.29 is 14.6 Å². The minimum absolute atomic E-state index is 0.0262. The van der Waals surface area contributed by atoms with Gasteiger partial charge in [0.25, 0.3) is 0 Å². The summed E-state index contributed by atoms with van der Waals surface area (Å²) >= 11 is 0. The van der Waals surface area contributed by atoms with Gasteiger partial charge in [-0.25, -0.2) is 4.79 Å². The van der Waals surface area contributed by atoms with Gasteiger partial charge in [-0.15, -0.1) is 0 Å². The molecular weight excluding hydrogens is 278 g/mol. The van der Waals surface area contributed by atoms with Crippen LogP contribution in [-0.2, 0) is 11.3 Å². The van der Waals surface area contributed by atoms with E-state index in [1.165, 1.54) is 0 Å². The van der Waals surface area contributed by atoms with Gasteiger partial charge in [-0.05, 0) is 45.1 Å². The molecule has 22 heavy (non-hydrogen) atoms. The molecule has 0 aromatic heterocycles. The highest BCUT2D eigenvalue weighted by Gasteiger charge is 2.42. The lowest BCUT2D eigenvalue weighted by Gasteiger charge is -2.39. The Bertz CT molecular complexity index is 495. The Morgan fingerprint density at radius 1 is 1.27 bits per heavy atom. The molecule has 1 aliphatic rings. The average molecular weight is 305 g/mol. The molecule has 2 rings (SSSR count). The van der Waals surface area contributed by atoms with Crippen LogP contribution in [0.15, 0.2) is 30.3 Å². The van der Waals surface area contributed by atoms with Gasteiger partial charge in [0.2, 0.25) is 0 Å². The lowest BCUT2D eigenvalue weighted by atomic mass is 9.98. The summed E-state index contributed by atoms with van der Waals surface area (Å²) in [7, 11) is 0. The molecular formula is C18H27NO3. The lowest BCUT2D eigenvalue weighted by molar-refractivity contribution is 0.0305. The van der Waals surface area contributed by atoms with Gasteiger partial charge < -0.3 is 14.7 Å². The van der Waals surface area contributed by atoms with Gasteiger partial charge in [-0.3, -0.25) is 0 Å². The first kappa shape index (κ1) is 16.8. The number of benzene rings is 1. The van der Waals surface area contributed by atoms with E-state index < -0.39 is 6.09 Å². The van der Waals surface area contributed by atoms with Crippen molar-refractivity contribution in [2.24, 2.45) is 5.92 Å². The van der Waals surface area contributed by atoms with Crippen molar-refractivity contribution in [2.45, 2.75) is 64.8 Å². The van der Waals surface area contributed by atoms with Gasteiger partial charge in [0, 0.05) is 11.6 Å². The standard InChI is InChI=1S/C18H27NO3/c1-13-10-15(22-12-14-8-6-5-7-9-14)11-16(13)19(17(20)21)18(2,3)4/h5-9,13,15-16H,10-12H2,1-4H3,(H,20,21)/t13-,15-,16+/m1/s1. The van der Waals surface area contributed by atoms with Crippen molar-refractivity contribution in [3.8, 4) is 0 Å². The molecule has 1 fully saturated rings. The molecule has 0 bridgehead atoms. The third-order valence-corrected chi connectivity index (χ3v) is 4.38. The van der Waals surface area contributed by atoms with Gasteiger partial charge in [0.15, 0.2) is 0 Å². The number of nitrogens with zero attached hydrogens (tertiary/aromatic N) is 1. The maximum Gasteiger partial charge on any atom is 0.407 e. The third-order valence-electron chi connectivity index (χ3n) is 4.38. The molecule has 0 aliphatic heterocycles. The van der Waals surface area contributed by atoms with Crippen molar-refractivity contribution in [1.82, 2.24) is 4.90 Å². The van der Waals surface area contributed by atoms with Crippen LogP contribution in [0.1, 0.15) is 46.1 Å². The number of carbonyl (C=O) groups is 1. The van der Waals surface area contributed by atoms with E-state index in [0.717, 1.165) is 18.4 Å². The van der Waals surface area contributed by atoms with Crippen LogP contribution in [0.2, 0.25) is 0 Å².